The molecule has 1 aromatic carbocycles. The summed E-state index contributed by atoms with van der Waals surface area (Å²) in [6, 6.07) is 10.3. The third kappa shape index (κ3) is 3.74. The Bertz CT molecular complexity index is 826. The van der Waals surface area contributed by atoms with Gasteiger partial charge in [0.1, 0.15) is 0 Å². The molecule has 0 bridgehead atoms. The lowest BCUT2D eigenvalue weighted by Crippen LogP contribution is -2.43. The number of nitrogens with zero attached hydrogens (tertiary/aromatic N) is 4. The molecule has 150 valence electrons. The Kier molecular flexibility index (Phi) is 5.07. The standard InChI is InChI=1S/C20H27N5O3/c1-14-22-18(28-23-14)20(27)8-9-25(13-20)19(26)21-10-16-11-24(2)12-17(16)15-6-4-3-5-7-15/h3-7,16-17,27H,8-13H2,1-2H3,(H,21,26)/t16-,17+,20?/m1/s1. The third-order valence-corrected chi connectivity index (χ3v) is 5.83. The van der Waals surface area contributed by atoms with Crippen LogP contribution in [0.15, 0.2) is 34.9 Å². The van der Waals surface area contributed by atoms with Gasteiger partial charge in [-0.05, 0) is 25.5 Å². The van der Waals surface area contributed by atoms with Gasteiger partial charge in [0.25, 0.3) is 5.89 Å². The largest absolute Gasteiger partial charge is 0.378 e. The van der Waals surface area contributed by atoms with Crippen LogP contribution in [0.25, 0.3) is 0 Å². The number of hydrogen-bond acceptors (Lipinski definition) is 6. The zero-order chi connectivity index (χ0) is 19.7. The van der Waals surface area contributed by atoms with Gasteiger partial charge in [-0.25, -0.2) is 4.79 Å². The number of carbonyl (C=O) groups excluding carboxylic acids is 1. The van der Waals surface area contributed by atoms with Gasteiger partial charge in [-0.2, -0.15) is 4.98 Å². The summed E-state index contributed by atoms with van der Waals surface area (Å²) in [7, 11) is 2.12. The van der Waals surface area contributed by atoms with E-state index in [-0.39, 0.29) is 18.5 Å². The number of amides is 2. The van der Waals surface area contributed by atoms with Gasteiger partial charge >= 0.3 is 6.03 Å². The minimum Gasteiger partial charge on any atom is -0.378 e. The Morgan fingerprint density at radius 1 is 1.36 bits per heavy atom. The van der Waals surface area contributed by atoms with Crippen LogP contribution < -0.4 is 5.32 Å². The lowest BCUT2D eigenvalue weighted by atomic mass is 9.89. The van der Waals surface area contributed by atoms with E-state index >= 15 is 0 Å². The van der Waals surface area contributed by atoms with E-state index in [0.717, 1.165) is 13.1 Å². The molecule has 28 heavy (non-hydrogen) atoms. The second-order valence-corrected chi connectivity index (χ2v) is 8.03. The Morgan fingerprint density at radius 2 is 2.14 bits per heavy atom. The third-order valence-electron chi connectivity index (χ3n) is 5.83. The summed E-state index contributed by atoms with van der Waals surface area (Å²) < 4.78 is 5.12. The van der Waals surface area contributed by atoms with Gasteiger partial charge in [-0.1, -0.05) is 35.5 Å². The van der Waals surface area contributed by atoms with Crippen molar-refractivity contribution in [1.82, 2.24) is 25.3 Å². The smallest absolute Gasteiger partial charge is 0.317 e. The molecule has 1 aromatic heterocycles. The molecule has 3 heterocycles. The number of carbonyl (C=O) groups is 1. The fraction of sp³-hybridized carbons (Fsp3) is 0.550. The number of hydrogen-bond donors (Lipinski definition) is 2. The molecule has 4 rings (SSSR count). The first-order valence-electron chi connectivity index (χ1n) is 9.74. The zero-order valence-corrected chi connectivity index (χ0v) is 16.3. The van der Waals surface area contributed by atoms with Gasteiger partial charge in [0, 0.05) is 38.5 Å². The van der Waals surface area contributed by atoms with Crippen LogP contribution in [0, 0.1) is 12.8 Å². The molecule has 2 fully saturated rings. The Morgan fingerprint density at radius 3 is 2.86 bits per heavy atom. The molecular formula is C20H27N5O3. The van der Waals surface area contributed by atoms with Crippen molar-refractivity contribution in [2.75, 3.05) is 39.8 Å². The molecule has 1 unspecified atom stereocenters. The molecule has 8 nitrogen and oxygen atoms in total. The van der Waals surface area contributed by atoms with E-state index in [1.54, 1.807) is 11.8 Å². The summed E-state index contributed by atoms with van der Waals surface area (Å²) >= 11 is 0. The van der Waals surface area contributed by atoms with Gasteiger partial charge in [-0.3, -0.25) is 0 Å². The molecule has 2 amide bonds. The highest BCUT2D eigenvalue weighted by Crippen LogP contribution is 2.32. The first-order valence-corrected chi connectivity index (χ1v) is 9.74. The maximum absolute atomic E-state index is 12.7. The minimum atomic E-state index is -1.27. The Labute approximate surface area is 164 Å². The summed E-state index contributed by atoms with van der Waals surface area (Å²) in [5, 5.41) is 17.6. The van der Waals surface area contributed by atoms with Crippen LogP contribution in [-0.2, 0) is 5.60 Å². The second kappa shape index (κ2) is 7.52. The molecular weight excluding hydrogens is 358 g/mol. The molecule has 0 aliphatic carbocycles. The van der Waals surface area contributed by atoms with E-state index in [9.17, 15) is 9.90 Å². The monoisotopic (exact) mass is 385 g/mol. The summed E-state index contributed by atoms with van der Waals surface area (Å²) in [5.41, 5.74) is 0.0482. The number of aliphatic hydroxyl groups is 1. The summed E-state index contributed by atoms with van der Waals surface area (Å²) in [6.07, 6.45) is 0.390. The maximum atomic E-state index is 12.7. The van der Waals surface area contributed by atoms with E-state index in [4.69, 9.17) is 4.52 Å². The highest BCUT2D eigenvalue weighted by atomic mass is 16.5. The number of likely N-dealkylation sites (tertiary alicyclic amines) is 2. The average Bonchev–Trinajstić information content (AvgIpc) is 3.40. The predicted molar refractivity (Wildman–Crippen MR) is 103 cm³/mol. The molecule has 2 aliphatic rings. The van der Waals surface area contributed by atoms with Crippen molar-refractivity contribution in [2.45, 2.75) is 24.9 Å². The van der Waals surface area contributed by atoms with Crippen molar-refractivity contribution in [3.8, 4) is 0 Å². The number of rotatable bonds is 4. The molecule has 2 saturated heterocycles. The van der Waals surface area contributed by atoms with Crippen LogP contribution in [0.3, 0.4) is 0 Å². The van der Waals surface area contributed by atoms with Gasteiger partial charge in [0.05, 0.1) is 6.54 Å². The Balaban J connectivity index is 1.35. The number of benzene rings is 1. The van der Waals surface area contributed by atoms with Crippen molar-refractivity contribution in [3.63, 3.8) is 0 Å². The van der Waals surface area contributed by atoms with Crippen molar-refractivity contribution < 1.29 is 14.4 Å². The number of urea groups is 1. The van der Waals surface area contributed by atoms with Crippen LogP contribution in [0.5, 0.6) is 0 Å². The summed E-state index contributed by atoms with van der Waals surface area (Å²) in [6.45, 7) is 4.87. The lowest BCUT2D eigenvalue weighted by Gasteiger charge is -2.23. The summed E-state index contributed by atoms with van der Waals surface area (Å²) in [4.78, 5) is 20.7. The van der Waals surface area contributed by atoms with Crippen molar-refractivity contribution in [3.05, 3.63) is 47.6 Å². The highest BCUT2D eigenvalue weighted by Gasteiger charge is 2.44. The van der Waals surface area contributed by atoms with E-state index < -0.39 is 5.60 Å². The predicted octanol–water partition coefficient (Wildman–Crippen LogP) is 1.33. The van der Waals surface area contributed by atoms with Crippen LogP contribution in [0.1, 0.15) is 29.6 Å². The van der Waals surface area contributed by atoms with Crippen LogP contribution in [-0.4, -0.2) is 70.8 Å². The van der Waals surface area contributed by atoms with Gasteiger partial charge < -0.3 is 24.7 Å². The number of nitrogens with one attached hydrogen (secondary N) is 1. The Hall–Kier alpha value is -2.45. The minimum absolute atomic E-state index is 0.159. The molecule has 3 atom stereocenters. The molecule has 8 heteroatoms. The first-order chi connectivity index (χ1) is 13.4. The fourth-order valence-electron chi connectivity index (χ4n) is 4.33. The van der Waals surface area contributed by atoms with Crippen molar-refractivity contribution in [2.24, 2.45) is 5.92 Å². The van der Waals surface area contributed by atoms with Crippen molar-refractivity contribution in [1.29, 1.82) is 0 Å². The van der Waals surface area contributed by atoms with Gasteiger partial charge in [0.15, 0.2) is 11.4 Å². The van der Waals surface area contributed by atoms with Crippen LogP contribution >= 0.6 is 0 Å². The number of aryl methyl sites for hydroxylation is 1. The molecule has 0 radical (unpaired) electrons. The summed E-state index contributed by atoms with van der Waals surface area (Å²) in [5.74, 6) is 1.42. The number of β-amino-alcohol motifs (C(OH)–C–C–N with tert-alkyl or cyclic N) is 1. The average molecular weight is 385 g/mol. The first kappa shape index (κ1) is 18.9. The molecule has 0 saturated carbocycles. The lowest BCUT2D eigenvalue weighted by molar-refractivity contribution is 0.0167. The molecule has 0 spiro atoms. The highest BCUT2D eigenvalue weighted by molar-refractivity contribution is 5.74. The van der Waals surface area contributed by atoms with E-state index in [1.807, 2.05) is 6.07 Å². The number of likely N-dealkylation sites (N-methyl/N-ethyl adjacent to an activating group) is 1. The molecule has 2 aromatic rings. The van der Waals surface area contributed by atoms with Crippen LogP contribution in [0.4, 0.5) is 4.79 Å². The van der Waals surface area contributed by atoms with Gasteiger partial charge in [-0.15, -0.1) is 0 Å². The SMILES string of the molecule is Cc1noc(C2(O)CCN(C(=O)NC[C@@H]3CN(C)C[C@H]3c3ccccc3)C2)n1. The molecule has 2 N–H and O–H groups in total. The van der Waals surface area contributed by atoms with E-state index in [0.29, 0.717) is 37.2 Å². The van der Waals surface area contributed by atoms with Crippen molar-refractivity contribution >= 4 is 6.03 Å². The molecule has 2 aliphatic heterocycles. The van der Waals surface area contributed by atoms with Crippen LogP contribution in [0.2, 0.25) is 0 Å². The normalized spacial score (nSPS) is 28.0. The van der Waals surface area contributed by atoms with E-state index in [2.05, 4.69) is 51.7 Å². The quantitative estimate of drug-likeness (QED) is 0.825. The topological polar surface area (TPSA) is 94.7 Å². The van der Waals surface area contributed by atoms with E-state index in [1.165, 1.54) is 5.56 Å². The zero-order valence-electron chi connectivity index (χ0n) is 16.3. The van der Waals surface area contributed by atoms with Gasteiger partial charge in [0.2, 0.25) is 0 Å². The number of aromatic nitrogens is 2. The maximum Gasteiger partial charge on any atom is 0.317 e. The second-order valence-electron chi connectivity index (χ2n) is 8.03. The fourth-order valence-corrected chi connectivity index (χ4v) is 4.33.